The van der Waals surface area contributed by atoms with E-state index in [1.54, 1.807) is 11.8 Å². The highest BCUT2D eigenvalue weighted by Crippen LogP contribution is 2.34. The molecule has 3 nitrogen and oxygen atoms in total. The molecule has 2 bridgehead atoms. The third-order valence-electron chi connectivity index (χ3n) is 4.65. The van der Waals surface area contributed by atoms with Gasteiger partial charge < -0.3 is 10.2 Å². The van der Waals surface area contributed by atoms with Crippen molar-refractivity contribution >= 4 is 29.3 Å². The minimum atomic E-state index is 0.143. The lowest BCUT2D eigenvalue weighted by Crippen LogP contribution is -2.49. The molecule has 21 heavy (non-hydrogen) atoms. The molecule has 1 unspecified atom stereocenters. The van der Waals surface area contributed by atoms with Gasteiger partial charge >= 0.3 is 0 Å². The lowest BCUT2D eigenvalue weighted by molar-refractivity contribution is -0.119. The summed E-state index contributed by atoms with van der Waals surface area (Å²) in [6.45, 7) is 0. The van der Waals surface area contributed by atoms with Crippen LogP contribution in [0.1, 0.15) is 25.7 Å². The van der Waals surface area contributed by atoms with Gasteiger partial charge in [0.15, 0.2) is 0 Å². The Balaban J connectivity index is 1.45. The Labute approximate surface area is 135 Å². The van der Waals surface area contributed by atoms with Gasteiger partial charge in [-0.1, -0.05) is 11.6 Å². The Morgan fingerprint density at radius 3 is 2.52 bits per heavy atom. The van der Waals surface area contributed by atoms with Gasteiger partial charge in [-0.05, 0) is 57.0 Å². The maximum atomic E-state index is 12.1. The second kappa shape index (κ2) is 6.59. The summed E-state index contributed by atoms with van der Waals surface area (Å²) in [6.07, 6.45) is 4.77. The largest absolute Gasteiger partial charge is 0.353 e. The van der Waals surface area contributed by atoms with E-state index in [1.165, 1.54) is 12.8 Å². The summed E-state index contributed by atoms with van der Waals surface area (Å²) in [5, 5.41) is 3.94. The van der Waals surface area contributed by atoms with Crippen LogP contribution in [0.3, 0.4) is 0 Å². The Bertz CT molecular complexity index is 494. The van der Waals surface area contributed by atoms with Gasteiger partial charge in [-0.3, -0.25) is 4.79 Å². The van der Waals surface area contributed by atoms with Crippen LogP contribution >= 0.6 is 23.4 Å². The fraction of sp³-hybridized carbons (Fsp3) is 0.562. The summed E-state index contributed by atoms with van der Waals surface area (Å²) >= 11 is 7.42. The normalized spacial score (nSPS) is 28.6. The van der Waals surface area contributed by atoms with Gasteiger partial charge in [0, 0.05) is 28.0 Å². The first kappa shape index (κ1) is 15.2. The Hall–Kier alpha value is -0.710. The van der Waals surface area contributed by atoms with Crippen molar-refractivity contribution in [3.8, 4) is 0 Å². The van der Waals surface area contributed by atoms with Crippen LogP contribution in [-0.4, -0.2) is 41.7 Å². The number of hydrogen-bond acceptors (Lipinski definition) is 3. The summed E-state index contributed by atoms with van der Waals surface area (Å²) in [5.41, 5.74) is 0. The predicted molar refractivity (Wildman–Crippen MR) is 87.9 cm³/mol. The molecule has 0 spiro atoms. The van der Waals surface area contributed by atoms with Gasteiger partial charge in [-0.2, -0.15) is 0 Å². The monoisotopic (exact) mass is 324 g/mol. The maximum Gasteiger partial charge on any atom is 0.230 e. The number of piperidine rings is 1. The molecule has 1 amide bonds. The molecule has 1 aromatic rings. The van der Waals surface area contributed by atoms with E-state index in [0.717, 1.165) is 22.8 Å². The number of carbonyl (C=O) groups excluding carboxylic acids is 1. The van der Waals surface area contributed by atoms with Crippen LogP contribution in [-0.2, 0) is 4.79 Å². The molecule has 0 aliphatic carbocycles. The van der Waals surface area contributed by atoms with E-state index in [2.05, 4.69) is 17.3 Å². The van der Waals surface area contributed by atoms with Crippen molar-refractivity contribution in [3.63, 3.8) is 0 Å². The first-order chi connectivity index (χ1) is 10.1. The average molecular weight is 325 g/mol. The second-order valence-corrected chi connectivity index (χ2v) is 7.51. The minimum absolute atomic E-state index is 0.143. The summed E-state index contributed by atoms with van der Waals surface area (Å²) in [7, 11) is 2.22. The first-order valence-corrected chi connectivity index (χ1v) is 8.88. The van der Waals surface area contributed by atoms with E-state index in [0.29, 0.717) is 23.9 Å². The summed E-state index contributed by atoms with van der Waals surface area (Å²) in [5.74, 6) is 0.618. The fourth-order valence-electron chi connectivity index (χ4n) is 3.48. The average Bonchev–Trinajstić information content (AvgIpc) is 2.69. The van der Waals surface area contributed by atoms with Crippen LogP contribution in [0.15, 0.2) is 29.2 Å². The molecule has 0 radical (unpaired) electrons. The molecular formula is C16H21ClN2OS. The van der Waals surface area contributed by atoms with Crippen LogP contribution in [0.4, 0.5) is 0 Å². The zero-order chi connectivity index (χ0) is 14.8. The van der Waals surface area contributed by atoms with Crippen molar-refractivity contribution in [2.75, 3.05) is 12.8 Å². The number of fused-ring (bicyclic) bond motifs is 2. The molecule has 1 N–H and O–H groups in total. The Morgan fingerprint density at radius 2 is 1.90 bits per heavy atom. The molecule has 0 aromatic heterocycles. The molecule has 2 heterocycles. The van der Waals surface area contributed by atoms with Gasteiger partial charge in [0.2, 0.25) is 5.91 Å². The number of hydrogen-bond donors (Lipinski definition) is 1. The van der Waals surface area contributed by atoms with Crippen molar-refractivity contribution in [1.29, 1.82) is 0 Å². The summed E-state index contributed by atoms with van der Waals surface area (Å²) < 4.78 is 0. The van der Waals surface area contributed by atoms with E-state index < -0.39 is 0 Å². The van der Waals surface area contributed by atoms with Crippen molar-refractivity contribution in [1.82, 2.24) is 10.2 Å². The summed E-state index contributed by atoms with van der Waals surface area (Å²) in [4.78, 5) is 15.7. The highest BCUT2D eigenvalue weighted by atomic mass is 35.5. The van der Waals surface area contributed by atoms with Gasteiger partial charge in [0.25, 0.3) is 0 Å². The molecule has 3 rings (SSSR count). The molecule has 1 aromatic carbocycles. The number of carbonyl (C=O) groups is 1. The van der Waals surface area contributed by atoms with E-state index in [1.807, 2.05) is 24.3 Å². The lowest BCUT2D eigenvalue weighted by Gasteiger charge is -2.36. The third kappa shape index (κ3) is 3.74. The summed E-state index contributed by atoms with van der Waals surface area (Å²) in [6, 6.07) is 9.31. The van der Waals surface area contributed by atoms with Crippen LogP contribution < -0.4 is 5.32 Å². The van der Waals surface area contributed by atoms with Gasteiger partial charge in [-0.25, -0.2) is 0 Å². The number of rotatable bonds is 4. The minimum Gasteiger partial charge on any atom is -0.353 e. The van der Waals surface area contributed by atoms with Crippen LogP contribution in [0.5, 0.6) is 0 Å². The standard InChI is InChI=1S/C16H21ClN2OS/c1-19-13-4-5-14(19)9-12(8-13)18-16(20)10-21-15-6-2-11(17)3-7-15/h2-3,6-7,12-14H,4-5,8-10H2,1H3,(H,18,20)/t12?,13-,14+. The lowest BCUT2D eigenvalue weighted by atomic mass is 9.98. The fourth-order valence-corrected chi connectivity index (χ4v) is 4.31. The number of halogens is 1. The second-order valence-electron chi connectivity index (χ2n) is 6.03. The molecule has 0 saturated carbocycles. The third-order valence-corrected chi connectivity index (χ3v) is 5.91. The Kier molecular flexibility index (Phi) is 4.77. The quantitative estimate of drug-likeness (QED) is 0.863. The highest BCUT2D eigenvalue weighted by Gasteiger charge is 2.38. The molecule has 114 valence electrons. The molecule has 3 atom stereocenters. The van der Waals surface area contributed by atoms with E-state index in [4.69, 9.17) is 11.6 Å². The topological polar surface area (TPSA) is 32.3 Å². The van der Waals surface area contributed by atoms with Crippen molar-refractivity contribution in [2.24, 2.45) is 0 Å². The number of amides is 1. The van der Waals surface area contributed by atoms with Crippen molar-refractivity contribution < 1.29 is 4.79 Å². The van der Waals surface area contributed by atoms with Crippen LogP contribution in [0, 0.1) is 0 Å². The van der Waals surface area contributed by atoms with E-state index in [9.17, 15) is 4.79 Å². The van der Waals surface area contributed by atoms with Crippen LogP contribution in [0.2, 0.25) is 5.02 Å². The zero-order valence-electron chi connectivity index (χ0n) is 12.2. The SMILES string of the molecule is CN1[C@@H]2CC[C@H]1CC(NC(=O)CSc1ccc(Cl)cc1)C2. The molecule has 2 aliphatic rings. The maximum absolute atomic E-state index is 12.1. The Morgan fingerprint density at radius 1 is 1.29 bits per heavy atom. The van der Waals surface area contributed by atoms with Gasteiger partial charge in [-0.15, -0.1) is 11.8 Å². The number of thioether (sulfide) groups is 1. The molecule has 2 fully saturated rings. The smallest absolute Gasteiger partial charge is 0.230 e. The number of benzene rings is 1. The van der Waals surface area contributed by atoms with E-state index in [-0.39, 0.29) is 5.91 Å². The predicted octanol–water partition coefficient (Wildman–Crippen LogP) is 3.17. The van der Waals surface area contributed by atoms with E-state index >= 15 is 0 Å². The number of nitrogens with one attached hydrogen (secondary N) is 1. The van der Waals surface area contributed by atoms with Gasteiger partial charge in [0.1, 0.15) is 0 Å². The highest BCUT2D eigenvalue weighted by molar-refractivity contribution is 8.00. The van der Waals surface area contributed by atoms with Crippen molar-refractivity contribution in [2.45, 2.75) is 48.7 Å². The molecular weight excluding hydrogens is 304 g/mol. The zero-order valence-corrected chi connectivity index (χ0v) is 13.8. The molecule has 2 saturated heterocycles. The molecule has 5 heteroatoms. The number of nitrogens with zero attached hydrogens (tertiary/aromatic N) is 1. The first-order valence-electron chi connectivity index (χ1n) is 7.51. The van der Waals surface area contributed by atoms with Crippen molar-refractivity contribution in [3.05, 3.63) is 29.3 Å². The molecule has 2 aliphatic heterocycles. The van der Waals surface area contributed by atoms with Gasteiger partial charge in [0.05, 0.1) is 5.75 Å². The van der Waals surface area contributed by atoms with Crippen LogP contribution in [0.25, 0.3) is 0 Å².